The van der Waals surface area contributed by atoms with Crippen LogP contribution in [0.1, 0.15) is 0 Å². The van der Waals surface area contributed by atoms with Crippen molar-refractivity contribution in [2.24, 2.45) is 0 Å². The van der Waals surface area contributed by atoms with Crippen LogP contribution in [0.4, 0.5) is 0 Å². The number of furan rings is 1. The Kier molecular flexibility index (Phi) is 2.64. The summed E-state index contributed by atoms with van der Waals surface area (Å²) in [5, 5.41) is 6.11. The number of hydrogen-bond acceptors (Lipinski definition) is 1. The maximum atomic E-state index is 6.28. The summed E-state index contributed by atoms with van der Waals surface area (Å²) in [5.41, 5.74) is 4.22. The van der Waals surface area contributed by atoms with Gasteiger partial charge in [0.1, 0.15) is 5.76 Å². The largest absolute Gasteiger partial charge is 0.454 e. The molecule has 0 aliphatic rings. The van der Waals surface area contributed by atoms with Gasteiger partial charge in [-0.15, -0.1) is 0 Å². The smallest absolute Gasteiger partial charge is 0.158 e. The quantitative estimate of drug-likeness (QED) is 0.349. The average molecular weight is 333 g/mol. The fraction of sp³-hybridized carbons (Fsp3) is 0. The molecule has 2 heteroatoms. The van der Waals surface area contributed by atoms with Gasteiger partial charge < -0.3 is 9.40 Å². The number of fused-ring (bicyclic) bond motifs is 7. The minimum absolute atomic E-state index is 0.900. The summed E-state index contributed by atoms with van der Waals surface area (Å²) >= 11 is 0. The van der Waals surface area contributed by atoms with Crippen LogP contribution in [-0.2, 0) is 0 Å². The van der Waals surface area contributed by atoms with Crippen LogP contribution in [0, 0.1) is 0 Å². The van der Waals surface area contributed by atoms with E-state index >= 15 is 0 Å². The second-order valence-corrected chi connectivity index (χ2v) is 6.72. The molecule has 0 spiro atoms. The van der Waals surface area contributed by atoms with Gasteiger partial charge in [0.15, 0.2) is 5.58 Å². The second kappa shape index (κ2) is 4.99. The minimum Gasteiger partial charge on any atom is -0.454 e. The Balaban J connectivity index is 1.73. The molecule has 0 saturated heterocycles. The van der Waals surface area contributed by atoms with E-state index in [1.807, 2.05) is 18.2 Å². The molecule has 122 valence electrons. The lowest BCUT2D eigenvalue weighted by Gasteiger charge is -1.99. The van der Waals surface area contributed by atoms with Gasteiger partial charge in [-0.3, -0.25) is 0 Å². The normalized spacial score (nSPS) is 11.8. The van der Waals surface area contributed by atoms with Crippen LogP contribution in [0.3, 0.4) is 0 Å². The van der Waals surface area contributed by atoms with Gasteiger partial charge in [0.25, 0.3) is 0 Å². The third-order valence-electron chi connectivity index (χ3n) is 5.20. The van der Waals surface area contributed by atoms with Crippen molar-refractivity contribution in [1.82, 2.24) is 4.98 Å². The van der Waals surface area contributed by atoms with Crippen LogP contribution in [-0.4, -0.2) is 4.98 Å². The third kappa shape index (κ3) is 1.81. The van der Waals surface area contributed by atoms with Crippen LogP contribution in [0.15, 0.2) is 89.3 Å². The standard InChI is InChI=1S/C24H15NO/c1-2-7-16(8-3-1)21-14-17-10-12-19-22-18-9-5-4-6-15(18)11-13-20(22)25-23(19)24(17)26-21/h1-14,25H. The molecule has 0 aliphatic heterocycles. The number of aromatic amines is 1. The highest BCUT2D eigenvalue weighted by Crippen LogP contribution is 2.38. The maximum Gasteiger partial charge on any atom is 0.158 e. The fourth-order valence-corrected chi connectivity index (χ4v) is 3.98. The van der Waals surface area contributed by atoms with Crippen molar-refractivity contribution in [3.8, 4) is 11.3 Å². The highest BCUT2D eigenvalue weighted by molar-refractivity contribution is 6.24. The molecule has 0 saturated carbocycles. The van der Waals surface area contributed by atoms with Crippen LogP contribution in [0.5, 0.6) is 0 Å². The number of nitrogens with one attached hydrogen (secondary N) is 1. The maximum absolute atomic E-state index is 6.28. The molecule has 2 aromatic heterocycles. The summed E-state index contributed by atoms with van der Waals surface area (Å²) in [5.74, 6) is 0.900. The van der Waals surface area contributed by atoms with E-state index in [1.165, 1.54) is 21.5 Å². The van der Waals surface area contributed by atoms with Crippen molar-refractivity contribution in [2.45, 2.75) is 0 Å². The molecule has 0 atom stereocenters. The van der Waals surface area contributed by atoms with Gasteiger partial charge in [-0.2, -0.15) is 0 Å². The van der Waals surface area contributed by atoms with Gasteiger partial charge in [0.05, 0.1) is 5.52 Å². The Bertz CT molecular complexity index is 1420. The summed E-state index contributed by atoms with van der Waals surface area (Å²) < 4.78 is 6.28. The van der Waals surface area contributed by atoms with Crippen molar-refractivity contribution in [1.29, 1.82) is 0 Å². The number of H-pyrrole nitrogens is 1. The van der Waals surface area contributed by atoms with Gasteiger partial charge >= 0.3 is 0 Å². The fourth-order valence-electron chi connectivity index (χ4n) is 3.98. The highest BCUT2D eigenvalue weighted by Gasteiger charge is 2.14. The molecule has 6 rings (SSSR count). The highest BCUT2D eigenvalue weighted by atomic mass is 16.3. The number of benzene rings is 4. The molecule has 2 heterocycles. The van der Waals surface area contributed by atoms with Crippen molar-refractivity contribution >= 4 is 43.5 Å². The lowest BCUT2D eigenvalue weighted by atomic mass is 10.0. The molecule has 0 radical (unpaired) electrons. The van der Waals surface area contributed by atoms with Gasteiger partial charge in [-0.05, 0) is 22.9 Å². The zero-order valence-corrected chi connectivity index (χ0v) is 14.0. The molecule has 0 unspecified atom stereocenters. The van der Waals surface area contributed by atoms with Crippen LogP contribution in [0.25, 0.3) is 54.9 Å². The Labute approximate surface area is 149 Å². The first-order valence-electron chi connectivity index (χ1n) is 8.79. The van der Waals surface area contributed by atoms with Crippen LogP contribution < -0.4 is 0 Å². The molecule has 0 fully saturated rings. The topological polar surface area (TPSA) is 28.9 Å². The van der Waals surface area contributed by atoms with E-state index in [2.05, 4.69) is 71.7 Å². The Morgan fingerprint density at radius 1 is 0.654 bits per heavy atom. The van der Waals surface area contributed by atoms with Crippen LogP contribution in [0.2, 0.25) is 0 Å². The van der Waals surface area contributed by atoms with Crippen molar-refractivity contribution in [3.63, 3.8) is 0 Å². The van der Waals surface area contributed by atoms with Crippen molar-refractivity contribution in [3.05, 3.63) is 84.9 Å². The van der Waals surface area contributed by atoms with E-state index in [-0.39, 0.29) is 0 Å². The van der Waals surface area contributed by atoms with Gasteiger partial charge in [-0.25, -0.2) is 0 Å². The molecular formula is C24H15NO. The van der Waals surface area contributed by atoms with Gasteiger partial charge in [0, 0.05) is 27.2 Å². The zero-order chi connectivity index (χ0) is 17.1. The summed E-state index contributed by atoms with van der Waals surface area (Å²) in [6, 6.07) is 29.6. The molecule has 0 amide bonds. The molecule has 0 bridgehead atoms. The molecule has 6 aromatic rings. The number of hydrogen-bond donors (Lipinski definition) is 1. The predicted octanol–water partition coefficient (Wildman–Crippen LogP) is 6.89. The molecule has 4 aromatic carbocycles. The van der Waals surface area contributed by atoms with E-state index in [0.717, 1.165) is 33.3 Å². The first-order chi connectivity index (χ1) is 12.9. The van der Waals surface area contributed by atoms with E-state index in [1.54, 1.807) is 0 Å². The minimum atomic E-state index is 0.900. The monoisotopic (exact) mass is 333 g/mol. The number of aromatic nitrogens is 1. The second-order valence-electron chi connectivity index (χ2n) is 6.72. The SMILES string of the molecule is c1ccc(-c2cc3ccc4c([nH]c5ccc6ccccc6c54)c3o2)cc1. The third-order valence-corrected chi connectivity index (χ3v) is 5.20. The molecule has 1 N–H and O–H groups in total. The van der Waals surface area contributed by atoms with E-state index in [9.17, 15) is 0 Å². The average Bonchev–Trinajstić information content (AvgIpc) is 3.30. The lowest BCUT2D eigenvalue weighted by molar-refractivity contribution is 0.634. The van der Waals surface area contributed by atoms with Gasteiger partial charge in [-0.1, -0.05) is 72.8 Å². The van der Waals surface area contributed by atoms with Crippen molar-refractivity contribution in [2.75, 3.05) is 0 Å². The summed E-state index contributed by atoms with van der Waals surface area (Å²) in [6.07, 6.45) is 0. The zero-order valence-electron chi connectivity index (χ0n) is 14.0. The van der Waals surface area contributed by atoms with Crippen LogP contribution >= 0.6 is 0 Å². The van der Waals surface area contributed by atoms with Gasteiger partial charge in [0.2, 0.25) is 0 Å². The van der Waals surface area contributed by atoms with E-state index < -0.39 is 0 Å². The Hall–Kier alpha value is -3.52. The van der Waals surface area contributed by atoms with E-state index in [0.29, 0.717) is 0 Å². The summed E-state index contributed by atoms with van der Waals surface area (Å²) in [7, 11) is 0. The Morgan fingerprint density at radius 2 is 1.46 bits per heavy atom. The molecule has 0 aliphatic carbocycles. The summed E-state index contributed by atoms with van der Waals surface area (Å²) in [4.78, 5) is 3.58. The number of rotatable bonds is 1. The first-order valence-corrected chi connectivity index (χ1v) is 8.79. The molecule has 2 nitrogen and oxygen atoms in total. The first kappa shape index (κ1) is 13.7. The lowest BCUT2D eigenvalue weighted by Crippen LogP contribution is -1.73. The van der Waals surface area contributed by atoms with Crippen molar-refractivity contribution < 1.29 is 4.42 Å². The van der Waals surface area contributed by atoms with E-state index in [4.69, 9.17) is 4.42 Å². The molecule has 26 heavy (non-hydrogen) atoms. The molecular weight excluding hydrogens is 318 g/mol. The predicted molar refractivity (Wildman–Crippen MR) is 109 cm³/mol. The summed E-state index contributed by atoms with van der Waals surface area (Å²) in [6.45, 7) is 0. The Morgan fingerprint density at radius 3 is 2.38 bits per heavy atom.